The van der Waals surface area contributed by atoms with Crippen LogP contribution in [-0.2, 0) is 0 Å². The first-order valence-electron chi connectivity index (χ1n) is 6.14. The van der Waals surface area contributed by atoms with Crippen LogP contribution >= 0.6 is 27.3 Å². The van der Waals surface area contributed by atoms with Gasteiger partial charge in [0, 0.05) is 10.3 Å². The minimum atomic E-state index is -0.523. The predicted molar refractivity (Wildman–Crippen MR) is 83.7 cm³/mol. The molecule has 0 bridgehead atoms. The van der Waals surface area contributed by atoms with Crippen LogP contribution in [0.25, 0.3) is 10.1 Å². The van der Waals surface area contributed by atoms with E-state index in [4.69, 9.17) is 0 Å². The van der Waals surface area contributed by atoms with Crippen molar-refractivity contribution in [2.24, 2.45) is 0 Å². The molecule has 20 heavy (non-hydrogen) atoms. The summed E-state index contributed by atoms with van der Waals surface area (Å²) in [4.78, 5) is -0.487. The van der Waals surface area contributed by atoms with Gasteiger partial charge in [0.15, 0.2) is 0 Å². The monoisotopic (exact) mass is 352 g/mol. The third-order valence-electron chi connectivity index (χ3n) is 3.36. The SMILES string of the molecule is Cc1ccc(F)c(C(Br)c2csc3ccccc23)c1F. The Morgan fingerprint density at radius 2 is 1.85 bits per heavy atom. The third-order valence-corrected chi connectivity index (χ3v) is 5.29. The second-order valence-corrected chi connectivity index (χ2v) is 6.47. The number of alkyl halides is 1. The lowest BCUT2D eigenvalue weighted by atomic mass is 10.0. The molecule has 0 aliphatic carbocycles. The van der Waals surface area contributed by atoms with Crippen LogP contribution in [-0.4, -0.2) is 0 Å². The highest BCUT2D eigenvalue weighted by molar-refractivity contribution is 9.09. The Hall–Kier alpha value is -1.26. The molecule has 1 heterocycles. The topological polar surface area (TPSA) is 0 Å². The summed E-state index contributed by atoms with van der Waals surface area (Å²) >= 11 is 5.03. The summed E-state index contributed by atoms with van der Waals surface area (Å²) in [5.41, 5.74) is 1.42. The molecule has 0 N–H and O–H groups in total. The molecule has 1 atom stereocenters. The van der Waals surface area contributed by atoms with Crippen LogP contribution < -0.4 is 0 Å². The molecule has 1 aromatic heterocycles. The normalized spacial score (nSPS) is 12.8. The fraction of sp³-hybridized carbons (Fsp3) is 0.125. The van der Waals surface area contributed by atoms with Gasteiger partial charge in [0.25, 0.3) is 0 Å². The van der Waals surface area contributed by atoms with Crippen molar-refractivity contribution in [2.45, 2.75) is 11.8 Å². The quantitative estimate of drug-likeness (QED) is 0.498. The number of rotatable bonds is 2. The molecule has 0 saturated carbocycles. The minimum absolute atomic E-state index is 0.0774. The molecule has 4 heteroatoms. The maximum absolute atomic E-state index is 14.2. The average molecular weight is 353 g/mol. The molecule has 3 rings (SSSR count). The molecule has 0 nitrogen and oxygen atoms in total. The Balaban J connectivity index is 2.18. The molecular weight excluding hydrogens is 342 g/mol. The van der Waals surface area contributed by atoms with E-state index >= 15 is 0 Å². The molecule has 0 aliphatic heterocycles. The van der Waals surface area contributed by atoms with E-state index in [9.17, 15) is 8.78 Å². The molecule has 2 aromatic carbocycles. The van der Waals surface area contributed by atoms with Gasteiger partial charge in [-0.25, -0.2) is 8.78 Å². The standard InChI is InChI=1S/C16H11BrF2S/c1-9-6-7-12(18)14(16(9)19)15(17)11-8-20-13-5-3-2-4-10(11)13/h2-8,15H,1H3. The van der Waals surface area contributed by atoms with Crippen LogP contribution in [0.3, 0.4) is 0 Å². The van der Waals surface area contributed by atoms with Gasteiger partial charge in [-0.3, -0.25) is 0 Å². The first kappa shape index (κ1) is 13.7. The number of halogens is 3. The highest BCUT2D eigenvalue weighted by Gasteiger charge is 2.23. The second-order valence-electron chi connectivity index (χ2n) is 4.64. The summed E-state index contributed by atoms with van der Waals surface area (Å²) in [7, 11) is 0. The molecule has 0 radical (unpaired) electrons. The van der Waals surface area contributed by atoms with Crippen molar-refractivity contribution >= 4 is 37.4 Å². The van der Waals surface area contributed by atoms with Gasteiger partial charge in [0.1, 0.15) is 11.6 Å². The van der Waals surface area contributed by atoms with E-state index in [0.717, 1.165) is 15.6 Å². The van der Waals surface area contributed by atoms with Crippen molar-refractivity contribution < 1.29 is 8.78 Å². The summed E-state index contributed by atoms with van der Waals surface area (Å²) in [6.45, 7) is 1.64. The van der Waals surface area contributed by atoms with E-state index in [-0.39, 0.29) is 5.56 Å². The van der Waals surface area contributed by atoms with Crippen LogP contribution in [0.1, 0.15) is 21.5 Å². The number of thiophene rings is 1. The predicted octanol–water partition coefficient (Wildman–Crippen LogP) is 5.97. The number of benzene rings is 2. The number of hydrogen-bond acceptors (Lipinski definition) is 1. The molecule has 0 fully saturated rings. The minimum Gasteiger partial charge on any atom is -0.207 e. The van der Waals surface area contributed by atoms with Crippen molar-refractivity contribution in [1.29, 1.82) is 0 Å². The summed E-state index contributed by atoms with van der Waals surface area (Å²) < 4.78 is 29.4. The van der Waals surface area contributed by atoms with E-state index in [1.54, 1.807) is 18.3 Å². The number of fused-ring (bicyclic) bond motifs is 1. The second kappa shape index (κ2) is 5.26. The van der Waals surface area contributed by atoms with E-state index in [1.165, 1.54) is 12.1 Å². The molecule has 0 spiro atoms. The highest BCUT2D eigenvalue weighted by atomic mass is 79.9. The maximum Gasteiger partial charge on any atom is 0.133 e. The lowest BCUT2D eigenvalue weighted by Crippen LogP contribution is -2.02. The van der Waals surface area contributed by atoms with E-state index in [2.05, 4.69) is 15.9 Å². The van der Waals surface area contributed by atoms with E-state index in [1.807, 2.05) is 29.6 Å². The van der Waals surface area contributed by atoms with Gasteiger partial charge >= 0.3 is 0 Å². The summed E-state index contributed by atoms with van der Waals surface area (Å²) in [6, 6.07) is 10.6. The average Bonchev–Trinajstić information content (AvgIpc) is 2.87. The fourth-order valence-electron chi connectivity index (χ4n) is 2.26. The van der Waals surface area contributed by atoms with Crippen LogP contribution in [0, 0.1) is 18.6 Å². The van der Waals surface area contributed by atoms with Crippen LogP contribution in [0.4, 0.5) is 8.78 Å². The number of hydrogen-bond donors (Lipinski definition) is 0. The van der Waals surface area contributed by atoms with E-state index < -0.39 is 16.5 Å². The number of aryl methyl sites for hydroxylation is 1. The van der Waals surface area contributed by atoms with Crippen LogP contribution in [0.5, 0.6) is 0 Å². The summed E-state index contributed by atoms with van der Waals surface area (Å²) in [6.07, 6.45) is 0. The van der Waals surface area contributed by atoms with Gasteiger partial charge < -0.3 is 0 Å². The van der Waals surface area contributed by atoms with Crippen LogP contribution in [0.15, 0.2) is 41.8 Å². The maximum atomic E-state index is 14.2. The van der Waals surface area contributed by atoms with Crippen molar-refractivity contribution in [1.82, 2.24) is 0 Å². The Kier molecular flexibility index (Phi) is 3.61. The summed E-state index contributed by atoms with van der Waals surface area (Å²) in [5.74, 6) is -1.01. The first-order chi connectivity index (χ1) is 9.59. The third kappa shape index (κ3) is 2.17. The van der Waals surface area contributed by atoms with Gasteiger partial charge in [-0.05, 0) is 40.9 Å². The largest absolute Gasteiger partial charge is 0.207 e. The summed E-state index contributed by atoms with van der Waals surface area (Å²) in [5, 5.41) is 2.98. The molecular formula is C16H11BrF2S. The van der Waals surface area contributed by atoms with Crippen molar-refractivity contribution in [3.05, 3.63) is 70.1 Å². The van der Waals surface area contributed by atoms with Gasteiger partial charge in [-0.15, -0.1) is 11.3 Å². The molecule has 0 amide bonds. The Labute approximate surface area is 128 Å². The Bertz CT molecular complexity index is 779. The van der Waals surface area contributed by atoms with Crippen molar-refractivity contribution in [3.8, 4) is 0 Å². The van der Waals surface area contributed by atoms with Crippen LogP contribution in [0.2, 0.25) is 0 Å². The lowest BCUT2D eigenvalue weighted by molar-refractivity contribution is 0.555. The molecule has 1 unspecified atom stereocenters. The zero-order chi connectivity index (χ0) is 14.3. The van der Waals surface area contributed by atoms with Crippen molar-refractivity contribution in [2.75, 3.05) is 0 Å². The van der Waals surface area contributed by atoms with Gasteiger partial charge in [0.05, 0.1) is 4.83 Å². The molecule has 102 valence electrons. The lowest BCUT2D eigenvalue weighted by Gasteiger charge is -2.13. The zero-order valence-electron chi connectivity index (χ0n) is 10.7. The van der Waals surface area contributed by atoms with Gasteiger partial charge in [0.2, 0.25) is 0 Å². The van der Waals surface area contributed by atoms with Gasteiger partial charge in [-0.2, -0.15) is 0 Å². The molecule has 0 aliphatic rings. The van der Waals surface area contributed by atoms with E-state index in [0.29, 0.717) is 5.56 Å². The van der Waals surface area contributed by atoms with Crippen molar-refractivity contribution in [3.63, 3.8) is 0 Å². The Morgan fingerprint density at radius 3 is 2.65 bits per heavy atom. The Morgan fingerprint density at radius 1 is 1.10 bits per heavy atom. The first-order valence-corrected chi connectivity index (χ1v) is 7.94. The zero-order valence-corrected chi connectivity index (χ0v) is 13.1. The smallest absolute Gasteiger partial charge is 0.133 e. The molecule has 3 aromatic rings. The van der Waals surface area contributed by atoms with Gasteiger partial charge in [-0.1, -0.05) is 40.2 Å². The highest BCUT2D eigenvalue weighted by Crippen LogP contribution is 2.40. The molecule has 0 saturated heterocycles. The fourth-order valence-corrected chi connectivity index (χ4v) is 4.22.